The zero-order valence-corrected chi connectivity index (χ0v) is 11.2. The van der Waals surface area contributed by atoms with Gasteiger partial charge in [-0.25, -0.2) is 0 Å². The summed E-state index contributed by atoms with van der Waals surface area (Å²) in [7, 11) is 1.89. The summed E-state index contributed by atoms with van der Waals surface area (Å²) in [5.41, 5.74) is 6.77. The Morgan fingerprint density at radius 3 is 2.63 bits per heavy atom. The maximum Gasteiger partial charge on any atom is 0.223 e. The number of hydrogen-bond donors (Lipinski definition) is 3. The van der Waals surface area contributed by atoms with Gasteiger partial charge in [0.25, 0.3) is 0 Å². The minimum absolute atomic E-state index is 0.259. The zero-order chi connectivity index (χ0) is 13.7. The average Bonchev–Trinajstić information content (AvgIpc) is 2.79. The number of rotatable bonds is 6. The van der Waals surface area contributed by atoms with Gasteiger partial charge in [0, 0.05) is 38.0 Å². The first kappa shape index (κ1) is 13.1. The van der Waals surface area contributed by atoms with Crippen molar-refractivity contribution in [3.8, 4) is 0 Å². The molecule has 2 aromatic rings. The lowest BCUT2D eigenvalue weighted by Crippen LogP contribution is -2.08. The fraction of sp³-hybridized carbons (Fsp3) is 0.417. The third-order valence-electron chi connectivity index (χ3n) is 2.53. The van der Waals surface area contributed by atoms with Crippen LogP contribution in [0.2, 0.25) is 0 Å². The highest BCUT2D eigenvalue weighted by molar-refractivity contribution is 5.51. The summed E-state index contributed by atoms with van der Waals surface area (Å²) >= 11 is 0. The van der Waals surface area contributed by atoms with Crippen LogP contribution < -0.4 is 16.4 Å². The molecular formula is C12H19N7. The molecule has 0 amide bonds. The first-order chi connectivity index (χ1) is 9.17. The van der Waals surface area contributed by atoms with Crippen LogP contribution in [0.1, 0.15) is 18.9 Å². The van der Waals surface area contributed by atoms with Crippen molar-refractivity contribution in [2.45, 2.75) is 19.9 Å². The highest BCUT2D eigenvalue weighted by Gasteiger charge is 2.02. The van der Waals surface area contributed by atoms with Crippen LogP contribution in [0.25, 0.3) is 0 Å². The van der Waals surface area contributed by atoms with E-state index in [9.17, 15) is 0 Å². The molecule has 102 valence electrons. The number of nitrogens with one attached hydrogen (secondary N) is 2. The molecule has 0 aromatic carbocycles. The van der Waals surface area contributed by atoms with Gasteiger partial charge in [-0.05, 0) is 6.42 Å². The Kier molecular flexibility index (Phi) is 4.17. The van der Waals surface area contributed by atoms with E-state index in [1.807, 2.05) is 25.5 Å². The van der Waals surface area contributed by atoms with E-state index >= 15 is 0 Å². The van der Waals surface area contributed by atoms with E-state index in [1.54, 1.807) is 4.68 Å². The van der Waals surface area contributed by atoms with E-state index in [2.05, 4.69) is 32.6 Å². The Hall–Kier alpha value is -2.31. The molecule has 0 radical (unpaired) electrons. The zero-order valence-electron chi connectivity index (χ0n) is 11.2. The van der Waals surface area contributed by atoms with Gasteiger partial charge in [-0.1, -0.05) is 6.92 Å². The molecule has 19 heavy (non-hydrogen) atoms. The summed E-state index contributed by atoms with van der Waals surface area (Å²) in [6.45, 7) is 3.61. The van der Waals surface area contributed by atoms with Crippen molar-refractivity contribution in [3.63, 3.8) is 0 Å². The first-order valence-corrected chi connectivity index (χ1v) is 6.27. The van der Waals surface area contributed by atoms with Gasteiger partial charge in [0.2, 0.25) is 5.95 Å². The normalized spacial score (nSPS) is 10.4. The smallest absolute Gasteiger partial charge is 0.223 e. The van der Waals surface area contributed by atoms with Crippen LogP contribution in [0.3, 0.4) is 0 Å². The second-order valence-electron chi connectivity index (χ2n) is 4.30. The minimum atomic E-state index is 0.259. The molecule has 0 fully saturated rings. The summed E-state index contributed by atoms with van der Waals surface area (Å²) in [5.74, 6) is 1.70. The van der Waals surface area contributed by atoms with Gasteiger partial charge in [-0.2, -0.15) is 15.1 Å². The van der Waals surface area contributed by atoms with Crippen LogP contribution in [-0.4, -0.2) is 26.3 Å². The largest absolute Gasteiger partial charge is 0.370 e. The molecule has 0 unspecified atom stereocenters. The van der Waals surface area contributed by atoms with Gasteiger partial charge in [0.15, 0.2) is 0 Å². The second-order valence-corrected chi connectivity index (χ2v) is 4.30. The Morgan fingerprint density at radius 2 is 2.00 bits per heavy atom. The van der Waals surface area contributed by atoms with Crippen molar-refractivity contribution in [1.29, 1.82) is 0 Å². The number of nitrogens with two attached hydrogens (primary N) is 1. The molecule has 2 rings (SSSR count). The molecule has 0 saturated carbocycles. The number of nitrogen functional groups attached to an aromatic ring is 1. The molecule has 0 aliphatic rings. The molecule has 0 aliphatic carbocycles. The molecule has 4 N–H and O–H groups in total. The van der Waals surface area contributed by atoms with Crippen molar-refractivity contribution < 1.29 is 0 Å². The maximum absolute atomic E-state index is 5.69. The van der Waals surface area contributed by atoms with E-state index < -0.39 is 0 Å². The molecule has 0 atom stereocenters. The summed E-state index contributed by atoms with van der Waals surface area (Å²) < 4.78 is 1.76. The third kappa shape index (κ3) is 3.84. The number of aryl methyl sites for hydroxylation is 1. The standard InChI is InChI=1S/C12H19N7/c1-3-4-14-10-5-11(18-12(13)17-10)15-6-9-7-16-19(2)8-9/h5,7-8H,3-4,6H2,1-2H3,(H4,13,14,15,17,18). The Labute approximate surface area is 112 Å². The Balaban J connectivity index is 2.01. The lowest BCUT2D eigenvalue weighted by atomic mass is 10.3. The minimum Gasteiger partial charge on any atom is -0.370 e. The van der Waals surface area contributed by atoms with Crippen LogP contribution >= 0.6 is 0 Å². The SMILES string of the molecule is CCCNc1cc(NCc2cnn(C)c2)nc(N)n1. The van der Waals surface area contributed by atoms with Gasteiger partial charge < -0.3 is 16.4 Å². The molecule has 2 heterocycles. The highest BCUT2D eigenvalue weighted by atomic mass is 15.2. The van der Waals surface area contributed by atoms with Crippen molar-refractivity contribution in [1.82, 2.24) is 19.7 Å². The van der Waals surface area contributed by atoms with E-state index in [4.69, 9.17) is 5.73 Å². The van der Waals surface area contributed by atoms with Crippen LogP contribution in [0.4, 0.5) is 17.6 Å². The topological polar surface area (TPSA) is 93.7 Å². The van der Waals surface area contributed by atoms with Crippen LogP contribution in [0.15, 0.2) is 18.5 Å². The maximum atomic E-state index is 5.69. The quantitative estimate of drug-likeness (QED) is 0.724. The predicted octanol–water partition coefficient (Wildman–Crippen LogP) is 1.23. The fourth-order valence-electron chi connectivity index (χ4n) is 1.66. The van der Waals surface area contributed by atoms with Crippen molar-refractivity contribution in [2.75, 3.05) is 22.9 Å². The average molecular weight is 261 g/mol. The lowest BCUT2D eigenvalue weighted by molar-refractivity contribution is 0.767. The van der Waals surface area contributed by atoms with Gasteiger partial charge >= 0.3 is 0 Å². The highest BCUT2D eigenvalue weighted by Crippen LogP contribution is 2.13. The van der Waals surface area contributed by atoms with Crippen LogP contribution in [0, 0.1) is 0 Å². The molecular weight excluding hydrogens is 242 g/mol. The summed E-state index contributed by atoms with van der Waals surface area (Å²) in [4.78, 5) is 8.28. The number of aromatic nitrogens is 4. The molecule has 0 spiro atoms. The van der Waals surface area contributed by atoms with Crippen molar-refractivity contribution in [3.05, 3.63) is 24.0 Å². The Bertz CT molecular complexity index is 535. The second kappa shape index (κ2) is 6.03. The predicted molar refractivity (Wildman–Crippen MR) is 75.8 cm³/mol. The van der Waals surface area contributed by atoms with E-state index in [-0.39, 0.29) is 5.95 Å². The van der Waals surface area contributed by atoms with E-state index in [1.165, 1.54) is 0 Å². The van der Waals surface area contributed by atoms with Crippen molar-refractivity contribution >= 4 is 17.6 Å². The molecule has 7 heteroatoms. The van der Waals surface area contributed by atoms with Crippen LogP contribution in [-0.2, 0) is 13.6 Å². The summed E-state index contributed by atoms with van der Waals surface area (Å²) in [6.07, 6.45) is 4.80. The Morgan fingerprint density at radius 1 is 1.26 bits per heavy atom. The fourth-order valence-corrected chi connectivity index (χ4v) is 1.66. The summed E-state index contributed by atoms with van der Waals surface area (Å²) in [6, 6.07) is 1.85. The molecule has 0 aliphatic heterocycles. The lowest BCUT2D eigenvalue weighted by Gasteiger charge is -2.08. The van der Waals surface area contributed by atoms with E-state index in [0.29, 0.717) is 12.4 Å². The van der Waals surface area contributed by atoms with Gasteiger partial charge in [-0.3, -0.25) is 4.68 Å². The number of hydrogen-bond acceptors (Lipinski definition) is 6. The third-order valence-corrected chi connectivity index (χ3v) is 2.53. The summed E-state index contributed by atoms with van der Waals surface area (Å²) in [5, 5.41) is 10.5. The first-order valence-electron chi connectivity index (χ1n) is 6.27. The van der Waals surface area contributed by atoms with Gasteiger partial charge in [0.05, 0.1) is 6.20 Å². The van der Waals surface area contributed by atoms with Gasteiger partial charge in [-0.15, -0.1) is 0 Å². The van der Waals surface area contributed by atoms with Crippen molar-refractivity contribution in [2.24, 2.45) is 7.05 Å². The number of nitrogens with zero attached hydrogens (tertiary/aromatic N) is 4. The van der Waals surface area contributed by atoms with Crippen LogP contribution in [0.5, 0.6) is 0 Å². The molecule has 0 bridgehead atoms. The molecule has 7 nitrogen and oxygen atoms in total. The molecule has 0 saturated heterocycles. The van der Waals surface area contributed by atoms with E-state index in [0.717, 1.165) is 24.3 Å². The monoisotopic (exact) mass is 261 g/mol. The number of anilines is 3. The molecule has 2 aromatic heterocycles. The van der Waals surface area contributed by atoms with Gasteiger partial charge in [0.1, 0.15) is 11.6 Å².